The first-order valence-electron chi connectivity index (χ1n) is 6.80. The number of hydrogen-bond acceptors (Lipinski definition) is 2. The van der Waals surface area contributed by atoms with E-state index in [9.17, 15) is 0 Å². The maximum absolute atomic E-state index is 5.45. The van der Waals surface area contributed by atoms with Crippen molar-refractivity contribution in [3.63, 3.8) is 0 Å². The third kappa shape index (κ3) is 2.35. The van der Waals surface area contributed by atoms with Crippen molar-refractivity contribution < 1.29 is 4.74 Å². The molecule has 0 aromatic heterocycles. The van der Waals surface area contributed by atoms with E-state index in [4.69, 9.17) is 11.2 Å². The molecule has 2 aromatic rings. The maximum atomic E-state index is 5.45. The molecule has 2 nitrogen and oxygen atoms in total. The zero-order valence-corrected chi connectivity index (χ0v) is 11.5. The van der Waals surface area contributed by atoms with Crippen LogP contribution in [0.3, 0.4) is 0 Å². The molecule has 100 valence electrons. The fraction of sp³-hybridized carbons (Fsp3) is 0.222. The van der Waals surface area contributed by atoms with Gasteiger partial charge in [0.25, 0.3) is 0 Å². The van der Waals surface area contributed by atoms with Gasteiger partial charge in [-0.1, -0.05) is 18.1 Å². The summed E-state index contributed by atoms with van der Waals surface area (Å²) >= 11 is 0. The van der Waals surface area contributed by atoms with Crippen LogP contribution in [0.25, 0.3) is 0 Å². The summed E-state index contributed by atoms with van der Waals surface area (Å²) in [6.45, 7) is 0. The van der Waals surface area contributed by atoms with Gasteiger partial charge in [0.05, 0.1) is 13.2 Å². The fourth-order valence-corrected chi connectivity index (χ4v) is 2.76. The van der Waals surface area contributed by atoms with Gasteiger partial charge in [0.2, 0.25) is 0 Å². The summed E-state index contributed by atoms with van der Waals surface area (Å²) < 4.78 is 5.32. The van der Waals surface area contributed by atoms with Crippen LogP contribution in [0.4, 0.5) is 5.69 Å². The van der Waals surface area contributed by atoms with Crippen LogP contribution < -0.4 is 10.1 Å². The summed E-state index contributed by atoms with van der Waals surface area (Å²) in [6, 6.07) is 14.6. The first-order chi connectivity index (χ1) is 9.80. The van der Waals surface area contributed by atoms with Crippen molar-refractivity contribution in [3.05, 3.63) is 59.2 Å². The highest BCUT2D eigenvalue weighted by molar-refractivity contribution is 5.53. The Balaban J connectivity index is 1.86. The summed E-state index contributed by atoms with van der Waals surface area (Å²) in [5.41, 5.74) is 4.70. The number of ether oxygens (including phenoxy) is 1. The average Bonchev–Trinajstić information content (AvgIpc) is 2.89. The third-order valence-corrected chi connectivity index (χ3v) is 3.80. The number of nitrogens with one attached hydrogen (secondary N) is 1. The molecule has 0 saturated heterocycles. The second-order valence-electron chi connectivity index (χ2n) is 5.03. The van der Waals surface area contributed by atoms with E-state index in [2.05, 4.69) is 29.4 Å². The number of anilines is 1. The number of hydrogen-bond donors (Lipinski definition) is 1. The van der Waals surface area contributed by atoms with Crippen LogP contribution in [0.15, 0.2) is 42.5 Å². The topological polar surface area (TPSA) is 21.3 Å². The summed E-state index contributed by atoms with van der Waals surface area (Å²) in [5.74, 6) is 3.58. The second-order valence-corrected chi connectivity index (χ2v) is 5.03. The number of benzene rings is 2. The number of terminal acetylenes is 1. The molecular weight excluding hydrogens is 246 g/mol. The molecule has 0 saturated carbocycles. The number of methoxy groups -OCH3 is 1. The Labute approximate surface area is 119 Å². The van der Waals surface area contributed by atoms with Gasteiger partial charge in [-0.15, -0.1) is 6.42 Å². The zero-order valence-electron chi connectivity index (χ0n) is 11.5. The van der Waals surface area contributed by atoms with E-state index in [1.807, 2.05) is 24.3 Å². The largest absolute Gasteiger partial charge is 0.497 e. The first kappa shape index (κ1) is 12.6. The van der Waals surface area contributed by atoms with E-state index >= 15 is 0 Å². The molecule has 2 aromatic carbocycles. The van der Waals surface area contributed by atoms with Gasteiger partial charge in [-0.05, 0) is 54.3 Å². The molecule has 1 aliphatic rings. The Bertz CT molecular complexity index is 669. The Morgan fingerprint density at radius 1 is 1.25 bits per heavy atom. The van der Waals surface area contributed by atoms with Gasteiger partial charge in [0.15, 0.2) is 0 Å². The van der Waals surface area contributed by atoms with E-state index in [1.165, 1.54) is 11.1 Å². The summed E-state index contributed by atoms with van der Waals surface area (Å²) in [4.78, 5) is 0. The van der Waals surface area contributed by atoms with Crippen LogP contribution in [0, 0.1) is 12.3 Å². The maximum Gasteiger partial charge on any atom is 0.119 e. The monoisotopic (exact) mass is 263 g/mol. The summed E-state index contributed by atoms with van der Waals surface area (Å²) in [5, 5.41) is 3.57. The summed E-state index contributed by atoms with van der Waals surface area (Å²) in [6.07, 6.45) is 7.65. The van der Waals surface area contributed by atoms with Crippen LogP contribution in [0.2, 0.25) is 0 Å². The van der Waals surface area contributed by atoms with Gasteiger partial charge in [0.1, 0.15) is 5.75 Å². The van der Waals surface area contributed by atoms with Crippen LogP contribution in [0.1, 0.15) is 29.2 Å². The molecule has 2 heteroatoms. The van der Waals surface area contributed by atoms with Gasteiger partial charge in [-0.2, -0.15) is 0 Å². The molecule has 0 spiro atoms. The SMILES string of the molecule is C#Cc1cccc(NC2CCc3ccc(OC)cc32)c1. The van der Waals surface area contributed by atoms with Crippen molar-refractivity contribution in [1.82, 2.24) is 0 Å². The van der Waals surface area contributed by atoms with Crippen LogP contribution >= 0.6 is 0 Å². The number of fused-ring (bicyclic) bond motifs is 1. The normalized spacial score (nSPS) is 16.3. The first-order valence-corrected chi connectivity index (χ1v) is 6.80. The molecule has 0 heterocycles. The van der Waals surface area contributed by atoms with Crippen LogP contribution in [0.5, 0.6) is 5.75 Å². The number of aryl methyl sites for hydroxylation is 1. The molecule has 0 bridgehead atoms. The van der Waals surface area contributed by atoms with Gasteiger partial charge in [-0.3, -0.25) is 0 Å². The van der Waals surface area contributed by atoms with Crippen molar-refractivity contribution in [2.24, 2.45) is 0 Å². The molecule has 0 aliphatic heterocycles. The fourth-order valence-electron chi connectivity index (χ4n) is 2.76. The molecule has 20 heavy (non-hydrogen) atoms. The van der Waals surface area contributed by atoms with E-state index in [-0.39, 0.29) is 0 Å². The van der Waals surface area contributed by atoms with Gasteiger partial charge >= 0.3 is 0 Å². The lowest BCUT2D eigenvalue weighted by Gasteiger charge is -2.16. The summed E-state index contributed by atoms with van der Waals surface area (Å²) in [7, 11) is 1.70. The highest BCUT2D eigenvalue weighted by atomic mass is 16.5. The molecule has 0 fully saturated rings. The Kier molecular flexibility index (Phi) is 3.35. The molecule has 1 aliphatic carbocycles. The van der Waals surface area contributed by atoms with Crippen molar-refractivity contribution >= 4 is 5.69 Å². The Hall–Kier alpha value is -2.40. The molecule has 0 amide bonds. The predicted octanol–water partition coefficient (Wildman–Crippen LogP) is 3.78. The minimum atomic E-state index is 0.327. The van der Waals surface area contributed by atoms with Crippen molar-refractivity contribution in [2.75, 3.05) is 12.4 Å². The van der Waals surface area contributed by atoms with Crippen molar-refractivity contribution in [3.8, 4) is 18.1 Å². The molecule has 0 radical (unpaired) electrons. The molecular formula is C18H17NO. The lowest BCUT2D eigenvalue weighted by atomic mass is 10.1. The minimum Gasteiger partial charge on any atom is -0.497 e. The quantitative estimate of drug-likeness (QED) is 0.851. The standard InChI is InChI=1S/C18H17NO/c1-3-13-5-4-6-15(11-13)19-18-10-8-14-7-9-16(20-2)12-17(14)18/h1,4-7,9,11-12,18-19H,8,10H2,2H3. The van der Waals surface area contributed by atoms with E-state index in [0.29, 0.717) is 6.04 Å². The predicted molar refractivity (Wildman–Crippen MR) is 82.1 cm³/mol. The smallest absolute Gasteiger partial charge is 0.119 e. The van der Waals surface area contributed by atoms with Crippen LogP contribution in [-0.2, 0) is 6.42 Å². The number of rotatable bonds is 3. The lowest BCUT2D eigenvalue weighted by Crippen LogP contribution is -2.07. The molecule has 1 unspecified atom stereocenters. The second kappa shape index (κ2) is 5.30. The van der Waals surface area contributed by atoms with Gasteiger partial charge in [0, 0.05) is 11.3 Å². The average molecular weight is 263 g/mol. The van der Waals surface area contributed by atoms with Crippen molar-refractivity contribution in [2.45, 2.75) is 18.9 Å². The minimum absolute atomic E-state index is 0.327. The third-order valence-electron chi connectivity index (χ3n) is 3.80. The molecule has 1 N–H and O–H groups in total. The zero-order chi connectivity index (χ0) is 13.9. The van der Waals surface area contributed by atoms with E-state index in [1.54, 1.807) is 7.11 Å². The van der Waals surface area contributed by atoms with E-state index < -0.39 is 0 Å². The van der Waals surface area contributed by atoms with Crippen molar-refractivity contribution in [1.29, 1.82) is 0 Å². The highest BCUT2D eigenvalue weighted by Gasteiger charge is 2.22. The molecule has 1 atom stereocenters. The van der Waals surface area contributed by atoms with Gasteiger partial charge < -0.3 is 10.1 Å². The molecule has 3 rings (SSSR count). The van der Waals surface area contributed by atoms with Gasteiger partial charge in [-0.25, -0.2) is 0 Å². The Morgan fingerprint density at radius 2 is 2.15 bits per heavy atom. The van der Waals surface area contributed by atoms with E-state index in [0.717, 1.165) is 29.8 Å². The van der Waals surface area contributed by atoms with Crippen LogP contribution in [-0.4, -0.2) is 7.11 Å². The highest BCUT2D eigenvalue weighted by Crippen LogP contribution is 2.36. The lowest BCUT2D eigenvalue weighted by molar-refractivity contribution is 0.414. The Morgan fingerprint density at radius 3 is 2.95 bits per heavy atom.